The number of hydrogen-bond donors (Lipinski definition) is 2. The number of anilines is 2. The number of amides is 1. The second-order valence-corrected chi connectivity index (χ2v) is 6.20. The van der Waals surface area contributed by atoms with Crippen molar-refractivity contribution in [3.63, 3.8) is 0 Å². The van der Waals surface area contributed by atoms with E-state index in [1.54, 1.807) is 6.20 Å². The Balaban J connectivity index is 1.56. The number of carbonyl (C=O) groups excluding carboxylic acids is 1. The largest absolute Gasteiger partial charge is 0.376 e. The first-order chi connectivity index (χ1) is 11.6. The van der Waals surface area contributed by atoms with Gasteiger partial charge in [-0.25, -0.2) is 4.98 Å². The van der Waals surface area contributed by atoms with Gasteiger partial charge in [0.15, 0.2) is 0 Å². The first kappa shape index (κ1) is 16.5. The quantitative estimate of drug-likeness (QED) is 0.882. The zero-order valence-electron chi connectivity index (χ0n) is 14.1. The van der Waals surface area contributed by atoms with Gasteiger partial charge in [0.25, 0.3) is 5.91 Å². The highest BCUT2D eigenvalue weighted by molar-refractivity contribution is 6.04. The molecule has 2 N–H and O–H groups in total. The van der Waals surface area contributed by atoms with E-state index in [2.05, 4.69) is 15.6 Å². The van der Waals surface area contributed by atoms with Crippen LogP contribution in [-0.4, -0.2) is 30.1 Å². The number of ether oxygens (including phenoxy) is 1. The second-order valence-electron chi connectivity index (χ2n) is 6.20. The summed E-state index contributed by atoms with van der Waals surface area (Å²) < 4.78 is 5.57. The van der Waals surface area contributed by atoms with E-state index in [0.29, 0.717) is 11.3 Å². The van der Waals surface area contributed by atoms with Crippen molar-refractivity contribution < 1.29 is 9.53 Å². The Morgan fingerprint density at radius 3 is 2.79 bits per heavy atom. The van der Waals surface area contributed by atoms with Gasteiger partial charge >= 0.3 is 0 Å². The third kappa shape index (κ3) is 4.11. The van der Waals surface area contributed by atoms with E-state index in [1.165, 1.54) is 5.56 Å². The van der Waals surface area contributed by atoms with Crippen molar-refractivity contribution in [1.29, 1.82) is 0 Å². The number of aryl methyl sites for hydroxylation is 2. The summed E-state index contributed by atoms with van der Waals surface area (Å²) in [6.07, 6.45) is 4.16. The van der Waals surface area contributed by atoms with Crippen LogP contribution in [0.1, 0.15) is 34.3 Å². The molecule has 0 radical (unpaired) electrons. The molecule has 2 heterocycles. The molecule has 0 bridgehead atoms. The average Bonchev–Trinajstić information content (AvgIpc) is 3.10. The van der Waals surface area contributed by atoms with Gasteiger partial charge in [-0.2, -0.15) is 0 Å². The fourth-order valence-electron chi connectivity index (χ4n) is 2.68. The van der Waals surface area contributed by atoms with Crippen molar-refractivity contribution in [2.45, 2.75) is 32.8 Å². The molecule has 24 heavy (non-hydrogen) atoms. The summed E-state index contributed by atoms with van der Waals surface area (Å²) in [5, 5.41) is 6.14. The van der Waals surface area contributed by atoms with Crippen LogP contribution in [0, 0.1) is 13.8 Å². The molecule has 1 unspecified atom stereocenters. The van der Waals surface area contributed by atoms with Crippen LogP contribution in [0.5, 0.6) is 0 Å². The van der Waals surface area contributed by atoms with Crippen molar-refractivity contribution in [2.24, 2.45) is 0 Å². The lowest BCUT2D eigenvalue weighted by atomic mass is 10.1. The number of rotatable bonds is 5. The van der Waals surface area contributed by atoms with Gasteiger partial charge in [-0.05, 0) is 62.1 Å². The van der Waals surface area contributed by atoms with Gasteiger partial charge < -0.3 is 15.4 Å². The van der Waals surface area contributed by atoms with Crippen molar-refractivity contribution in [1.82, 2.24) is 4.98 Å². The lowest BCUT2D eigenvalue weighted by Gasteiger charge is -2.12. The van der Waals surface area contributed by atoms with Crippen molar-refractivity contribution >= 4 is 17.4 Å². The monoisotopic (exact) mass is 325 g/mol. The van der Waals surface area contributed by atoms with Gasteiger partial charge in [-0.3, -0.25) is 4.79 Å². The minimum absolute atomic E-state index is 0.125. The molecule has 1 saturated heterocycles. The molecule has 3 rings (SSSR count). The summed E-state index contributed by atoms with van der Waals surface area (Å²) >= 11 is 0. The molecule has 1 aliphatic rings. The van der Waals surface area contributed by atoms with E-state index < -0.39 is 0 Å². The lowest BCUT2D eigenvalue weighted by Crippen LogP contribution is -2.19. The van der Waals surface area contributed by atoms with E-state index in [1.807, 2.05) is 44.2 Å². The smallest absolute Gasteiger partial charge is 0.255 e. The first-order valence-electron chi connectivity index (χ1n) is 8.32. The molecule has 1 fully saturated rings. The van der Waals surface area contributed by atoms with Gasteiger partial charge in [-0.15, -0.1) is 0 Å². The van der Waals surface area contributed by atoms with Crippen LogP contribution >= 0.6 is 0 Å². The first-order valence-corrected chi connectivity index (χ1v) is 8.32. The summed E-state index contributed by atoms with van der Waals surface area (Å²) in [7, 11) is 0. The van der Waals surface area contributed by atoms with E-state index >= 15 is 0 Å². The second kappa shape index (κ2) is 7.45. The molecule has 0 saturated carbocycles. The molecule has 5 heteroatoms. The van der Waals surface area contributed by atoms with Crippen LogP contribution in [0.3, 0.4) is 0 Å². The molecule has 5 nitrogen and oxygen atoms in total. The van der Waals surface area contributed by atoms with Gasteiger partial charge in [0.2, 0.25) is 0 Å². The molecular formula is C19H23N3O2. The van der Waals surface area contributed by atoms with Gasteiger partial charge in [0, 0.05) is 18.7 Å². The molecule has 2 aromatic rings. The van der Waals surface area contributed by atoms with E-state index in [4.69, 9.17) is 4.74 Å². The summed E-state index contributed by atoms with van der Waals surface area (Å²) in [5.41, 5.74) is 3.61. The predicted molar refractivity (Wildman–Crippen MR) is 95.6 cm³/mol. The number of hydrogen-bond acceptors (Lipinski definition) is 4. The third-order valence-electron chi connectivity index (χ3n) is 4.33. The number of nitrogens with one attached hydrogen (secondary N) is 2. The summed E-state index contributed by atoms with van der Waals surface area (Å²) in [6, 6.07) is 9.41. The van der Waals surface area contributed by atoms with Crippen molar-refractivity contribution in [3.8, 4) is 0 Å². The molecule has 1 aliphatic heterocycles. The maximum Gasteiger partial charge on any atom is 0.255 e. The molecule has 1 aromatic carbocycles. The van der Waals surface area contributed by atoms with E-state index in [-0.39, 0.29) is 12.0 Å². The maximum atomic E-state index is 12.3. The van der Waals surface area contributed by atoms with Crippen LogP contribution in [-0.2, 0) is 4.74 Å². The molecule has 1 amide bonds. The van der Waals surface area contributed by atoms with Gasteiger partial charge in [0.05, 0.1) is 18.0 Å². The summed E-state index contributed by atoms with van der Waals surface area (Å²) in [6.45, 7) is 5.65. The SMILES string of the molecule is Cc1ccc(C(=O)Nc2ccc(NCC3CCCO3)nc2)cc1C. The molecule has 1 atom stereocenters. The molecule has 1 aromatic heterocycles. The van der Waals surface area contributed by atoms with E-state index in [9.17, 15) is 4.79 Å². The van der Waals surface area contributed by atoms with Crippen LogP contribution in [0.2, 0.25) is 0 Å². The minimum atomic E-state index is -0.125. The summed E-state index contributed by atoms with van der Waals surface area (Å²) in [5.74, 6) is 0.662. The standard InChI is InChI=1S/C19H23N3O2/c1-13-5-6-15(10-14(13)2)19(23)22-16-7-8-18(20-11-16)21-12-17-4-3-9-24-17/h5-8,10-11,17H,3-4,9,12H2,1-2H3,(H,20,21)(H,22,23). The Morgan fingerprint density at radius 2 is 2.12 bits per heavy atom. The maximum absolute atomic E-state index is 12.3. The zero-order valence-corrected chi connectivity index (χ0v) is 14.1. The number of carbonyl (C=O) groups is 1. The van der Waals surface area contributed by atoms with Gasteiger partial charge in [0.1, 0.15) is 5.82 Å². The van der Waals surface area contributed by atoms with Crippen LogP contribution in [0.25, 0.3) is 0 Å². The number of benzene rings is 1. The minimum Gasteiger partial charge on any atom is -0.376 e. The number of aromatic nitrogens is 1. The Hall–Kier alpha value is -2.40. The Kier molecular flexibility index (Phi) is 5.11. The van der Waals surface area contributed by atoms with Crippen molar-refractivity contribution in [3.05, 3.63) is 53.2 Å². The molecule has 126 valence electrons. The lowest BCUT2D eigenvalue weighted by molar-refractivity contribution is 0.102. The van der Waals surface area contributed by atoms with Gasteiger partial charge in [-0.1, -0.05) is 6.07 Å². The fourth-order valence-corrected chi connectivity index (χ4v) is 2.68. The highest BCUT2D eigenvalue weighted by Crippen LogP contribution is 2.16. The van der Waals surface area contributed by atoms with Crippen LogP contribution in [0.4, 0.5) is 11.5 Å². The number of pyridine rings is 1. The topological polar surface area (TPSA) is 63.2 Å². The Bertz CT molecular complexity index is 707. The third-order valence-corrected chi connectivity index (χ3v) is 4.33. The predicted octanol–water partition coefficient (Wildman–Crippen LogP) is 3.54. The van der Waals surface area contributed by atoms with E-state index in [0.717, 1.165) is 37.4 Å². The fraction of sp³-hybridized carbons (Fsp3) is 0.368. The highest BCUT2D eigenvalue weighted by Gasteiger charge is 2.15. The molecular weight excluding hydrogens is 302 g/mol. The highest BCUT2D eigenvalue weighted by atomic mass is 16.5. The van der Waals surface area contributed by atoms with Crippen molar-refractivity contribution in [2.75, 3.05) is 23.8 Å². The normalized spacial score (nSPS) is 16.8. The Labute approximate surface area is 142 Å². The Morgan fingerprint density at radius 1 is 1.25 bits per heavy atom. The average molecular weight is 325 g/mol. The zero-order chi connectivity index (χ0) is 16.9. The summed E-state index contributed by atoms with van der Waals surface area (Å²) in [4.78, 5) is 16.6. The molecule has 0 aliphatic carbocycles. The van der Waals surface area contributed by atoms with Crippen LogP contribution in [0.15, 0.2) is 36.5 Å². The molecule has 0 spiro atoms. The number of nitrogens with zero attached hydrogens (tertiary/aromatic N) is 1. The van der Waals surface area contributed by atoms with Crippen LogP contribution < -0.4 is 10.6 Å².